The fraction of sp³-hybridized carbons (Fsp3) is 0.316. The van der Waals surface area contributed by atoms with Crippen molar-refractivity contribution in [2.45, 2.75) is 26.2 Å². The van der Waals surface area contributed by atoms with E-state index in [0.29, 0.717) is 18.7 Å². The van der Waals surface area contributed by atoms with Crippen molar-refractivity contribution in [3.8, 4) is 5.82 Å². The van der Waals surface area contributed by atoms with Crippen LogP contribution >= 0.6 is 0 Å². The highest BCUT2D eigenvalue weighted by molar-refractivity contribution is 5.94. The number of amides is 1. The zero-order chi connectivity index (χ0) is 18.1. The van der Waals surface area contributed by atoms with Gasteiger partial charge in [-0.15, -0.1) is 0 Å². The van der Waals surface area contributed by atoms with Crippen LogP contribution in [0.15, 0.2) is 43.1 Å². The second kappa shape index (κ2) is 6.67. The van der Waals surface area contributed by atoms with Gasteiger partial charge < -0.3 is 4.90 Å². The fourth-order valence-electron chi connectivity index (χ4n) is 3.33. The predicted octanol–water partition coefficient (Wildman–Crippen LogP) is 2.30. The molecule has 1 aliphatic rings. The lowest BCUT2D eigenvalue weighted by atomic mass is 10.1. The Morgan fingerprint density at radius 2 is 2.00 bits per heavy atom. The third kappa shape index (κ3) is 3.20. The molecule has 7 heteroatoms. The van der Waals surface area contributed by atoms with E-state index < -0.39 is 0 Å². The molecule has 0 bridgehead atoms. The maximum absolute atomic E-state index is 12.8. The summed E-state index contributed by atoms with van der Waals surface area (Å²) in [5, 5.41) is 0. The van der Waals surface area contributed by atoms with E-state index in [1.807, 2.05) is 43.1 Å². The Labute approximate surface area is 151 Å². The van der Waals surface area contributed by atoms with E-state index in [9.17, 15) is 4.79 Å². The van der Waals surface area contributed by atoms with Gasteiger partial charge in [-0.25, -0.2) is 19.9 Å². The molecule has 4 heterocycles. The summed E-state index contributed by atoms with van der Waals surface area (Å²) < 4.78 is 1.80. The highest BCUT2D eigenvalue weighted by Gasteiger charge is 2.30. The first-order chi connectivity index (χ1) is 12.6. The van der Waals surface area contributed by atoms with Crippen molar-refractivity contribution in [3.63, 3.8) is 0 Å². The molecule has 0 N–H and O–H groups in total. The highest BCUT2D eigenvalue weighted by atomic mass is 16.2. The maximum Gasteiger partial charge on any atom is 0.255 e. The van der Waals surface area contributed by atoms with Gasteiger partial charge in [0.2, 0.25) is 0 Å². The van der Waals surface area contributed by atoms with Crippen LogP contribution in [0.1, 0.15) is 39.9 Å². The van der Waals surface area contributed by atoms with Crippen LogP contribution < -0.4 is 0 Å². The molecule has 0 aromatic carbocycles. The molecule has 7 nitrogen and oxygen atoms in total. The first-order valence-corrected chi connectivity index (χ1v) is 8.66. The number of hydrogen-bond donors (Lipinski definition) is 0. The molecule has 0 radical (unpaired) electrons. The lowest BCUT2D eigenvalue weighted by Gasteiger charge is -2.16. The predicted molar refractivity (Wildman–Crippen MR) is 96.1 cm³/mol. The molecular weight excluding hydrogens is 328 g/mol. The van der Waals surface area contributed by atoms with Crippen LogP contribution in [-0.4, -0.2) is 48.4 Å². The molecule has 1 aliphatic heterocycles. The number of likely N-dealkylation sites (tertiary alicyclic amines) is 1. The summed E-state index contributed by atoms with van der Waals surface area (Å²) in [4.78, 5) is 32.1. The minimum atomic E-state index is 0.00144. The van der Waals surface area contributed by atoms with Crippen molar-refractivity contribution >= 4 is 5.91 Å². The van der Waals surface area contributed by atoms with Gasteiger partial charge in [0.1, 0.15) is 18.0 Å². The molecule has 1 amide bonds. The van der Waals surface area contributed by atoms with Crippen LogP contribution in [0.5, 0.6) is 0 Å². The van der Waals surface area contributed by atoms with Crippen LogP contribution in [0, 0.1) is 13.8 Å². The number of rotatable bonds is 3. The molecule has 132 valence electrons. The van der Waals surface area contributed by atoms with Crippen LogP contribution in [0.25, 0.3) is 5.82 Å². The zero-order valence-electron chi connectivity index (χ0n) is 14.8. The van der Waals surface area contributed by atoms with Gasteiger partial charge in [0.05, 0.1) is 5.56 Å². The Kier molecular flexibility index (Phi) is 4.20. The number of imidazole rings is 1. The van der Waals surface area contributed by atoms with E-state index in [2.05, 4.69) is 19.9 Å². The second-order valence-corrected chi connectivity index (χ2v) is 6.62. The van der Waals surface area contributed by atoms with Crippen molar-refractivity contribution < 1.29 is 4.79 Å². The molecule has 26 heavy (non-hydrogen) atoms. The van der Waals surface area contributed by atoms with Crippen LogP contribution in [0.4, 0.5) is 0 Å². The van der Waals surface area contributed by atoms with Crippen molar-refractivity contribution in [3.05, 3.63) is 65.9 Å². The van der Waals surface area contributed by atoms with Crippen molar-refractivity contribution in [2.24, 2.45) is 0 Å². The fourth-order valence-corrected chi connectivity index (χ4v) is 3.33. The van der Waals surface area contributed by atoms with E-state index in [-0.39, 0.29) is 11.8 Å². The number of aryl methyl sites for hydroxylation is 2. The Morgan fingerprint density at radius 3 is 2.65 bits per heavy atom. The third-order valence-electron chi connectivity index (χ3n) is 4.60. The van der Waals surface area contributed by atoms with Crippen molar-refractivity contribution in [1.29, 1.82) is 0 Å². The average Bonchev–Trinajstić information content (AvgIpc) is 3.32. The van der Waals surface area contributed by atoms with Gasteiger partial charge in [0.25, 0.3) is 5.91 Å². The van der Waals surface area contributed by atoms with Gasteiger partial charge >= 0.3 is 0 Å². The minimum absolute atomic E-state index is 0.00144. The maximum atomic E-state index is 12.8. The first kappa shape index (κ1) is 16.4. The van der Waals surface area contributed by atoms with E-state index >= 15 is 0 Å². The summed E-state index contributed by atoms with van der Waals surface area (Å²) in [7, 11) is 0. The third-order valence-corrected chi connectivity index (χ3v) is 4.60. The number of carbonyl (C=O) groups excluding carboxylic acids is 1. The van der Waals surface area contributed by atoms with Gasteiger partial charge in [-0.3, -0.25) is 9.36 Å². The number of pyridine rings is 1. The van der Waals surface area contributed by atoms with Gasteiger partial charge in [0, 0.05) is 49.0 Å². The summed E-state index contributed by atoms with van der Waals surface area (Å²) in [6.07, 6.45) is 7.70. The molecule has 0 saturated carbocycles. The molecule has 0 aliphatic carbocycles. The Hall–Kier alpha value is -3.09. The zero-order valence-corrected chi connectivity index (χ0v) is 14.8. The summed E-state index contributed by atoms with van der Waals surface area (Å²) in [5.41, 5.74) is 2.53. The van der Waals surface area contributed by atoms with Gasteiger partial charge in [-0.2, -0.15) is 0 Å². The lowest BCUT2D eigenvalue weighted by molar-refractivity contribution is 0.0790. The van der Waals surface area contributed by atoms with E-state index in [1.54, 1.807) is 23.3 Å². The Morgan fingerprint density at radius 1 is 1.19 bits per heavy atom. The van der Waals surface area contributed by atoms with Gasteiger partial charge in [0.15, 0.2) is 0 Å². The first-order valence-electron chi connectivity index (χ1n) is 8.66. The normalized spacial score (nSPS) is 16.8. The van der Waals surface area contributed by atoms with Gasteiger partial charge in [-0.1, -0.05) is 0 Å². The molecule has 0 spiro atoms. The van der Waals surface area contributed by atoms with Crippen molar-refractivity contribution in [2.75, 3.05) is 13.1 Å². The van der Waals surface area contributed by atoms with E-state index in [1.165, 1.54) is 0 Å². The quantitative estimate of drug-likeness (QED) is 0.726. The second-order valence-electron chi connectivity index (χ2n) is 6.62. The molecule has 1 atom stereocenters. The SMILES string of the molecule is Cc1cc(C)nc(C2CCN(C(=O)c3ccc(-n4ccnc4)nc3)C2)n1. The Balaban J connectivity index is 1.47. The van der Waals surface area contributed by atoms with E-state index in [0.717, 1.165) is 29.5 Å². The molecule has 3 aromatic heterocycles. The van der Waals surface area contributed by atoms with Crippen LogP contribution in [0.2, 0.25) is 0 Å². The summed E-state index contributed by atoms with van der Waals surface area (Å²) in [6.45, 7) is 5.31. The smallest absolute Gasteiger partial charge is 0.255 e. The Bertz CT molecular complexity index is 899. The number of nitrogens with zero attached hydrogens (tertiary/aromatic N) is 6. The summed E-state index contributed by atoms with van der Waals surface area (Å²) in [6, 6.07) is 5.61. The average molecular weight is 348 g/mol. The lowest BCUT2D eigenvalue weighted by Crippen LogP contribution is -2.28. The van der Waals surface area contributed by atoms with E-state index in [4.69, 9.17) is 0 Å². The largest absolute Gasteiger partial charge is 0.338 e. The summed E-state index contributed by atoms with van der Waals surface area (Å²) in [5.74, 6) is 1.77. The topological polar surface area (TPSA) is 76.8 Å². The van der Waals surface area contributed by atoms with Gasteiger partial charge in [-0.05, 0) is 38.5 Å². The number of carbonyl (C=O) groups is 1. The highest BCUT2D eigenvalue weighted by Crippen LogP contribution is 2.26. The van der Waals surface area contributed by atoms with Crippen LogP contribution in [-0.2, 0) is 0 Å². The molecule has 1 unspecified atom stereocenters. The minimum Gasteiger partial charge on any atom is -0.338 e. The monoisotopic (exact) mass is 348 g/mol. The number of aromatic nitrogens is 5. The summed E-state index contributed by atoms with van der Waals surface area (Å²) >= 11 is 0. The standard InChI is InChI=1S/C19H20N6O/c1-13-9-14(2)23-18(22-13)16-5-7-24(11-16)19(26)15-3-4-17(21-10-15)25-8-6-20-12-25/h3-4,6,8-10,12,16H,5,7,11H2,1-2H3. The molecule has 1 saturated heterocycles. The molecule has 3 aromatic rings. The molecule has 4 rings (SSSR count). The number of hydrogen-bond acceptors (Lipinski definition) is 5. The van der Waals surface area contributed by atoms with Crippen molar-refractivity contribution in [1.82, 2.24) is 29.4 Å². The van der Waals surface area contributed by atoms with Crippen LogP contribution in [0.3, 0.4) is 0 Å². The molecule has 1 fully saturated rings. The molecular formula is C19H20N6O.